The molecule has 4 atom stereocenters. The van der Waals surface area contributed by atoms with Gasteiger partial charge in [-0.25, -0.2) is 0 Å². The molecule has 1 aliphatic rings. The maximum absolute atomic E-state index is 12.7. The van der Waals surface area contributed by atoms with Crippen molar-refractivity contribution < 1.29 is 39.6 Å². The summed E-state index contributed by atoms with van der Waals surface area (Å²) in [4.78, 5) is 45.2. The number of carbonyl (C=O) groups is 4. The fourth-order valence-electron chi connectivity index (χ4n) is 5.68. The number of carboxylic acids is 4. The van der Waals surface area contributed by atoms with Gasteiger partial charge in [0.25, 0.3) is 0 Å². The van der Waals surface area contributed by atoms with Crippen molar-refractivity contribution in [1.29, 1.82) is 0 Å². The van der Waals surface area contributed by atoms with Crippen molar-refractivity contribution >= 4 is 23.9 Å². The van der Waals surface area contributed by atoms with Gasteiger partial charge in [0.1, 0.15) is 5.41 Å². The largest absolute Gasteiger partial charge is 0.481 e. The van der Waals surface area contributed by atoms with Crippen molar-refractivity contribution in [2.45, 2.75) is 130 Å². The Morgan fingerprint density at radius 3 is 1.55 bits per heavy atom. The fraction of sp³-hybridized carbons (Fsp3) is 0.800. The summed E-state index contributed by atoms with van der Waals surface area (Å²) in [6.45, 7) is 8.49. The summed E-state index contributed by atoms with van der Waals surface area (Å²) >= 11 is 0. The van der Waals surface area contributed by atoms with Crippen LogP contribution >= 0.6 is 0 Å². The van der Waals surface area contributed by atoms with Crippen LogP contribution in [-0.4, -0.2) is 44.3 Å². The molecule has 4 unspecified atom stereocenters. The first kappa shape index (κ1) is 35.6. The summed E-state index contributed by atoms with van der Waals surface area (Å²) in [5.74, 6) is -3.10. The van der Waals surface area contributed by atoms with Crippen LogP contribution in [0.5, 0.6) is 0 Å². The average Bonchev–Trinajstić information content (AvgIpc) is 2.87. The second kappa shape index (κ2) is 18.8. The topological polar surface area (TPSA) is 149 Å². The van der Waals surface area contributed by atoms with Gasteiger partial charge in [-0.15, -0.1) is 0 Å². The molecule has 0 aromatic rings. The zero-order chi connectivity index (χ0) is 29.2. The predicted molar refractivity (Wildman–Crippen MR) is 148 cm³/mol. The van der Waals surface area contributed by atoms with E-state index in [1.165, 1.54) is 0 Å². The minimum atomic E-state index is -1.30. The molecular formula is C30H52O8. The van der Waals surface area contributed by atoms with Crippen LogP contribution < -0.4 is 0 Å². The van der Waals surface area contributed by atoms with Crippen molar-refractivity contribution in [3.8, 4) is 0 Å². The van der Waals surface area contributed by atoms with Crippen LogP contribution in [0.4, 0.5) is 0 Å². The fourth-order valence-corrected chi connectivity index (χ4v) is 5.68. The molecule has 0 saturated heterocycles. The second-order valence-corrected chi connectivity index (χ2v) is 10.8. The van der Waals surface area contributed by atoms with Gasteiger partial charge in [-0.3, -0.25) is 19.2 Å². The zero-order valence-electron chi connectivity index (χ0n) is 24.0. The van der Waals surface area contributed by atoms with Crippen LogP contribution in [0.2, 0.25) is 0 Å². The molecule has 0 heterocycles. The number of carboxylic acid groups (broad SMARTS) is 4. The van der Waals surface area contributed by atoms with E-state index >= 15 is 0 Å². The highest BCUT2D eigenvalue weighted by molar-refractivity contribution is 5.89. The van der Waals surface area contributed by atoms with E-state index < -0.39 is 34.7 Å². The molecule has 0 saturated carbocycles. The van der Waals surface area contributed by atoms with E-state index in [9.17, 15) is 29.4 Å². The second-order valence-electron chi connectivity index (χ2n) is 10.8. The predicted octanol–water partition coefficient (Wildman–Crippen LogP) is 7.41. The summed E-state index contributed by atoms with van der Waals surface area (Å²) in [5.41, 5.74) is -2.51. The number of hydrogen-bond donors (Lipinski definition) is 4. The lowest BCUT2D eigenvalue weighted by molar-refractivity contribution is -0.175. The molecule has 1 aliphatic carbocycles. The van der Waals surface area contributed by atoms with Crippen LogP contribution in [0.3, 0.4) is 0 Å². The summed E-state index contributed by atoms with van der Waals surface area (Å²) < 4.78 is 0. The molecule has 0 fully saturated rings. The number of rotatable bonds is 19. The highest BCUT2D eigenvalue weighted by Crippen LogP contribution is 2.56. The van der Waals surface area contributed by atoms with Gasteiger partial charge in [0, 0.05) is 12.8 Å². The molecule has 0 aromatic carbocycles. The Hall–Kier alpha value is -2.38. The molecule has 4 N–H and O–H groups in total. The molecule has 0 radical (unpaired) electrons. The molecule has 220 valence electrons. The molecule has 8 nitrogen and oxygen atoms in total. The van der Waals surface area contributed by atoms with Gasteiger partial charge in [-0.2, -0.15) is 0 Å². The van der Waals surface area contributed by atoms with Gasteiger partial charge in [0.05, 0.1) is 5.41 Å². The Bertz CT molecular complexity index is 745. The minimum absolute atomic E-state index is 0.0628. The van der Waals surface area contributed by atoms with Gasteiger partial charge in [0.15, 0.2) is 0 Å². The first-order valence-electron chi connectivity index (χ1n) is 14.5. The van der Waals surface area contributed by atoms with Gasteiger partial charge in [-0.05, 0) is 50.4 Å². The van der Waals surface area contributed by atoms with Gasteiger partial charge < -0.3 is 20.4 Å². The number of hydrogen-bond acceptors (Lipinski definition) is 4. The third-order valence-corrected chi connectivity index (χ3v) is 8.15. The number of aliphatic carboxylic acids is 4. The first-order chi connectivity index (χ1) is 18.0. The maximum atomic E-state index is 12.7. The lowest BCUT2D eigenvalue weighted by atomic mass is 9.52. The van der Waals surface area contributed by atoms with E-state index in [1.807, 2.05) is 6.08 Å². The van der Waals surface area contributed by atoms with Gasteiger partial charge >= 0.3 is 23.9 Å². The highest BCUT2D eigenvalue weighted by atomic mass is 16.4. The standard InChI is InChI=1S/C24H42O4.C6H10O4/c1-5-9-13-19(7-3)17-23(21(25)26)15-11-12-16-24(23,22(27)28)18-20(8-4)14-10-6-2;7-5(8)3-1-2-4-6(9)10/h11,15,19-20H,5-10,12-14,16-18H2,1-4H3,(H,25,26)(H,27,28);1-4H2,(H,7,8)(H,9,10). The van der Waals surface area contributed by atoms with E-state index in [4.69, 9.17) is 10.2 Å². The third-order valence-electron chi connectivity index (χ3n) is 8.15. The van der Waals surface area contributed by atoms with Crippen LogP contribution in [0, 0.1) is 22.7 Å². The average molecular weight is 541 g/mol. The molecular weight excluding hydrogens is 488 g/mol. The molecule has 8 heteroatoms. The molecule has 0 bridgehead atoms. The molecule has 0 amide bonds. The van der Waals surface area contributed by atoms with Crippen molar-refractivity contribution in [3.63, 3.8) is 0 Å². The van der Waals surface area contributed by atoms with E-state index in [-0.39, 0.29) is 24.7 Å². The Morgan fingerprint density at radius 1 is 0.711 bits per heavy atom. The lowest BCUT2D eigenvalue weighted by Crippen LogP contribution is -2.54. The van der Waals surface area contributed by atoms with Crippen LogP contribution in [0.1, 0.15) is 130 Å². The Kier molecular flexibility index (Phi) is 17.6. The maximum Gasteiger partial charge on any atom is 0.314 e. The van der Waals surface area contributed by atoms with Crippen molar-refractivity contribution in [2.24, 2.45) is 22.7 Å². The van der Waals surface area contributed by atoms with Gasteiger partial charge in [0.2, 0.25) is 0 Å². The monoisotopic (exact) mass is 540 g/mol. The molecule has 0 spiro atoms. The Balaban J connectivity index is 0.00000115. The van der Waals surface area contributed by atoms with E-state index in [0.717, 1.165) is 51.4 Å². The third kappa shape index (κ3) is 11.2. The molecule has 0 aliphatic heterocycles. The molecule has 38 heavy (non-hydrogen) atoms. The first-order valence-corrected chi connectivity index (χ1v) is 14.5. The normalized spacial score (nSPS) is 22.1. The smallest absolute Gasteiger partial charge is 0.314 e. The van der Waals surface area contributed by atoms with Crippen molar-refractivity contribution in [3.05, 3.63) is 12.2 Å². The number of unbranched alkanes of at least 4 members (excludes halogenated alkanes) is 3. The van der Waals surface area contributed by atoms with Gasteiger partial charge in [-0.1, -0.05) is 91.2 Å². The highest BCUT2D eigenvalue weighted by Gasteiger charge is 2.61. The zero-order valence-corrected chi connectivity index (χ0v) is 24.0. The summed E-state index contributed by atoms with van der Waals surface area (Å²) in [7, 11) is 0. The van der Waals surface area contributed by atoms with Crippen molar-refractivity contribution in [2.75, 3.05) is 0 Å². The summed E-state index contributed by atoms with van der Waals surface area (Å²) in [6, 6.07) is 0. The Morgan fingerprint density at radius 2 is 1.18 bits per heavy atom. The van der Waals surface area contributed by atoms with E-state index in [2.05, 4.69) is 27.7 Å². The SMILES string of the molecule is CCCCC(CC)CC1(C(=O)O)C=CCCC1(CC(CC)CCCC)C(=O)O.O=C(O)CCCCC(=O)O. The van der Waals surface area contributed by atoms with E-state index in [0.29, 0.717) is 38.5 Å². The summed E-state index contributed by atoms with van der Waals surface area (Å²) in [5, 5.41) is 37.1. The number of allylic oxidation sites excluding steroid dienone is 1. The van der Waals surface area contributed by atoms with Crippen LogP contribution in [0.25, 0.3) is 0 Å². The minimum Gasteiger partial charge on any atom is -0.481 e. The lowest BCUT2D eigenvalue weighted by Gasteiger charge is -2.48. The molecule has 0 aromatic heterocycles. The van der Waals surface area contributed by atoms with Crippen LogP contribution in [-0.2, 0) is 19.2 Å². The summed E-state index contributed by atoms with van der Waals surface area (Å²) in [6.07, 6.45) is 14.7. The quantitative estimate of drug-likeness (QED) is 0.0977. The van der Waals surface area contributed by atoms with E-state index in [1.54, 1.807) is 6.08 Å². The van der Waals surface area contributed by atoms with Crippen molar-refractivity contribution in [1.82, 2.24) is 0 Å². The Labute approximate surface area is 228 Å². The van der Waals surface area contributed by atoms with Crippen LogP contribution in [0.15, 0.2) is 12.2 Å². The molecule has 1 rings (SSSR count).